The molecule has 1 aromatic carbocycles. The van der Waals surface area contributed by atoms with Gasteiger partial charge in [-0.1, -0.05) is 6.07 Å². The van der Waals surface area contributed by atoms with E-state index in [-0.39, 0.29) is 17.9 Å². The van der Waals surface area contributed by atoms with Crippen LogP contribution in [0.15, 0.2) is 18.2 Å². The second kappa shape index (κ2) is 5.65. The lowest BCUT2D eigenvalue weighted by molar-refractivity contribution is -0.124. The van der Waals surface area contributed by atoms with Gasteiger partial charge in [-0.2, -0.15) is 0 Å². The standard InChI is InChI=1S/C16H20N2O2/c19-15(18-14-6-3-9-17-16(14)20)13-8-7-11-4-1-2-5-12(11)10-13/h7-8,10,14H,1-6,9H2,(H,17,20)(H,18,19). The molecule has 1 saturated heterocycles. The molecule has 0 aromatic heterocycles. The molecule has 1 aliphatic carbocycles. The van der Waals surface area contributed by atoms with Crippen molar-refractivity contribution in [3.8, 4) is 0 Å². The molecule has 1 atom stereocenters. The van der Waals surface area contributed by atoms with Crippen molar-refractivity contribution in [3.63, 3.8) is 0 Å². The molecule has 4 heteroatoms. The Morgan fingerprint density at radius 2 is 1.95 bits per heavy atom. The van der Waals surface area contributed by atoms with Crippen molar-refractivity contribution in [2.75, 3.05) is 6.54 Å². The Bertz CT molecular complexity index is 539. The molecule has 2 N–H and O–H groups in total. The van der Waals surface area contributed by atoms with Gasteiger partial charge in [0.15, 0.2) is 0 Å². The van der Waals surface area contributed by atoms with Crippen molar-refractivity contribution in [1.29, 1.82) is 0 Å². The van der Waals surface area contributed by atoms with Crippen LogP contribution in [0.4, 0.5) is 0 Å². The summed E-state index contributed by atoms with van der Waals surface area (Å²) in [6.07, 6.45) is 6.25. The van der Waals surface area contributed by atoms with Crippen molar-refractivity contribution in [2.24, 2.45) is 0 Å². The van der Waals surface area contributed by atoms with Gasteiger partial charge in [0.05, 0.1) is 0 Å². The smallest absolute Gasteiger partial charge is 0.251 e. The molecule has 2 aliphatic rings. The molecule has 1 aliphatic heterocycles. The van der Waals surface area contributed by atoms with E-state index in [0.29, 0.717) is 12.1 Å². The van der Waals surface area contributed by atoms with E-state index < -0.39 is 0 Å². The summed E-state index contributed by atoms with van der Waals surface area (Å²) in [5, 5.41) is 5.63. The van der Waals surface area contributed by atoms with Crippen LogP contribution in [0, 0.1) is 0 Å². The molecule has 3 rings (SSSR count). The number of piperidine rings is 1. The number of nitrogens with one attached hydrogen (secondary N) is 2. The molecule has 106 valence electrons. The summed E-state index contributed by atoms with van der Waals surface area (Å²) in [6, 6.07) is 5.54. The third-order valence-electron chi connectivity index (χ3n) is 4.20. The SMILES string of the molecule is O=C(NC1CCCNC1=O)c1ccc2c(c1)CCCC2. The highest BCUT2D eigenvalue weighted by atomic mass is 16.2. The number of rotatable bonds is 2. The maximum atomic E-state index is 12.3. The third-order valence-corrected chi connectivity index (χ3v) is 4.20. The molecular weight excluding hydrogens is 252 g/mol. The van der Waals surface area contributed by atoms with Crippen LogP contribution in [0.3, 0.4) is 0 Å². The number of hydrogen-bond acceptors (Lipinski definition) is 2. The van der Waals surface area contributed by atoms with Gasteiger partial charge in [-0.25, -0.2) is 0 Å². The third kappa shape index (κ3) is 2.69. The van der Waals surface area contributed by atoms with E-state index in [9.17, 15) is 9.59 Å². The van der Waals surface area contributed by atoms with Gasteiger partial charge in [-0.3, -0.25) is 9.59 Å². The monoisotopic (exact) mass is 272 g/mol. The normalized spacial score (nSPS) is 21.8. The molecule has 1 heterocycles. The van der Waals surface area contributed by atoms with Crippen molar-refractivity contribution < 1.29 is 9.59 Å². The fourth-order valence-electron chi connectivity index (χ4n) is 3.03. The van der Waals surface area contributed by atoms with Crippen LogP contribution in [0.5, 0.6) is 0 Å². The molecule has 4 nitrogen and oxygen atoms in total. The van der Waals surface area contributed by atoms with Crippen LogP contribution in [-0.4, -0.2) is 24.4 Å². The maximum Gasteiger partial charge on any atom is 0.251 e. The first-order valence-corrected chi connectivity index (χ1v) is 7.44. The Balaban J connectivity index is 1.72. The highest BCUT2D eigenvalue weighted by molar-refractivity contribution is 5.97. The lowest BCUT2D eigenvalue weighted by Gasteiger charge is -2.23. The van der Waals surface area contributed by atoms with Crippen LogP contribution in [0.25, 0.3) is 0 Å². The van der Waals surface area contributed by atoms with E-state index >= 15 is 0 Å². The Kier molecular flexibility index (Phi) is 3.72. The minimum absolute atomic E-state index is 0.0671. The van der Waals surface area contributed by atoms with Gasteiger partial charge >= 0.3 is 0 Å². The Morgan fingerprint density at radius 3 is 2.75 bits per heavy atom. The van der Waals surface area contributed by atoms with Gasteiger partial charge < -0.3 is 10.6 Å². The quantitative estimate of drug-likeness (QED) is 0.858. The maximum absolute atomic E-state index is 12.3. The predicted octanol–water partition coefficient (Wildman–Crippen LogP) is 1.57. The van der Waals surface area contributed by atoms with E-state index in [1.807, 2.05) is 12.1 Å². The zero-order valence-corrected chi connectivity index (χ0v) is 11.6. The average Bonchev–Trinajstić information content (AvgIpc) is 2.49. The molecule has 0 bridgehead atoms. The number of aryl methyl sites for hydroxylation is 2. The number of fused-ring (bicyclic) bond motifs is 1. The lowest BCUT2D eigenvalue weighted by atomic mass is 9.90. The summed E-state index contributed by atoms with van der Waals surface area (Å²) in [5.41, 5.74) is 3.32. The van der Waals surface area contributed by atoms with Crippen LogP contribution < -0.4 is 10.6 Å². The molecular formula is C16H20N2O2. The molecule has 1 aromatic rings. The predicted molar refractivity (Wildman–Crippen MR) is 76.6 cm³/mol. The molecule has 0 radical (unpaired) electrons. The van der Waals surface area contributed by atoms with Crippen LogP contribution in [0.2, 0.25) is 0 Å². The Morgan fingerprint density at radius 1 is 1.15 bits per heavy atom. The van der Waals surface area contributed by atoms with Gasteiger partial charge in [0, 0.05) is 12.1 Å². The first kappa shape index (κ1) is 13.2. The van der Waals surface area contributed by atoms with E-state index in [0.717, 1.165) is 25.7 Å². The summed E-state index contributed by atoms with van der Waals surface area (Å²) in [4.78, 5) is 23.9. The van der Waals surface area contributed by atoms with Crippen LogP contribution in [-0.2, 0) is 17.6 Å². The number of amides is 2. The zero-order chi connectivity index (χ0) is 13.9. The van der Waals surface area contributed by atoms with Gasteiger partial charge in [0.1, 0.15) is 6.04 Å². The van der Waals surface area contributed by atoms with Crippen molar-refractivity contribution in [1.82, 2.24) is 10.6 Å². The van der Waals surface area contributed by atoms with E-state index in [2.05, 4.69) is 16.7 Å². The molecule has 1 fully saturated rings. The van der Waals surface area contributed by atoms with Crippen LogP contribution in [0.1, 0.15) is 47.2 Å². The second-order valence-electron chi connectivity index (χ2n) is 5.65. The van der Waals surface area contributed by atoms with Crippen molar-refractivity contribution >= 4 is 11.8 Å². The van der Waals surface area contributed by atoms with Gasteiger partial charge in [-0.05, 0) is 61.8 Å². The summed E-state index contributed by atoms with van der Waals surface area (Å²) in [5.74, 6) is -0.206. The Hall–Kier alpha value is -1.84. The average molecular weight is 272 g/mol. The molecule has 0 saturated carbocycles. The zero-order valence-electron chi connectivity index (χ0n) is 11.6. The first-order valence-electron chi connectivity index (χ1n) is 7.44. The van der Waals surface area contributed by atoms with Crippen molar-refractivity contribution in [2.45, 2.75) is 44.6 Å². The van der Waals surface area contributed by atoms with Crippen molar-refractivity contribution in [3.05, 3.63) is 34.9 Å². The fourth-order valence-corrected chi connectivity index (χ4v) is 3.03. The van der Waals surface area contributed by atoms with Gasteiger partial charge in [-0.15, -0.1) is 0 Å². The highest BCUT2D eigenvalue weighted by Gasteiger charge is 2.24. The summed E-state index contributed by atoms with van der Waals surface area (Å²) >= 11 is 0. The van der Waals surface area contributed by atoms with Crippen LogP contribution >= 0.6 is 0 Å². The lowest BCUT2D eigenvalue weighted by Crippen LogP contribution is -2.50. The molecule has 20 heavy (non-hydrogen) atoms. The number of benzene rings is 1. The first-order chi connectivity index (χ1) is 9.74. The summed E-state index contributed by atoms with van der Waals surface area (Å²) in [6.45, 7) is 0.712. The summed E-state index contributed by atoms with van der Waals surface area (Å²) in [7, 11) is 0. The van der Waals surface area contributed by atoms with E-state index in [1.165, 1.54) is 24.0 Å². The Labute approximate surface area is 118 Å². The number of carbonyl (C=O) groups excluding carboxylic acids is 2. The second-order valence-corrected chi connectivity index (χ2v) is 5.65. The van der Waals surface area contributed by atoms with E-state index in [1.54, 1.807) is 0 Å². The molecule has 1 unspecified atom stereocenters. The minimum atomic E-state index is -0.382. The fraction of sp³-hybridized carbons (Fsp3) is 0.500. The van der Waals surface area contributed by atoms with E-state index in [4.69, 9.17) is 0 Å². The minimum Gasteiger partial charge on any atom is -0.354 e. The largest absolute Gasteiger partial charge is 0.354 e. The number of hydrogen-bond donors (Lipinski definition) is 2. The topological polar surface area (TPSA) is 58.2 Å². The van der Waals surface area contributed by atoms with Gasteiger partial charge in [0.25, 0.3) is 5.91 Å². The summed E-state index contributed by atoms with van der Waals surface area (Å²) < 4.78 is 0. The van der Waals surface area contributed by atoms with Gasteiger partial charge in [0.2, 0.25) is 5.91 Å². The highest BCUT2D eigenvalue weighted by Crippen LogP contribution is 2.22. The molecule has 0 spiro atoms. The number of carbonyl (C=O) groups is 2. The molecule has 2 amide bonds.